The minimum Gasteiger partial charge on any atom is -0.370 e. The van der Waals surface area contributed by atoms with Crippen LogP contribution in [0.15, 0.2) is 18.3 Å². The monoisotopic (exact) mass is 307 g/mol. The number of aromatic amines is 1. The van der Waals surface area contributed by atoms with Crippen LogP contribution in [-0.2, 0) is 0 Å². The van der Waals surface area contributed by atoms with Gasteiger partial charge in [-0.15, -0.1) is 0 Å². The number of nitrogens with one attached hydrogen (secondary N) is 3. The molecule has 1 amide bonds. The molecule has 6 nitrogen and oxygen atoms in total. The molecule has 0 spiro atoms. The summed E-state index contributed by atoms with van der Waals surface area (Å²) in [6, 6.07) is 3.93. The van der Waals surface area contributed by atoms with E-state index in [1.165, 1.54) is 0 Å². The van der Waals surface area contributed by atoms with Crippen molar-refractivity contribution in [1.82, 2.24) is 20.5 Å². The highest BCUT2D eigenvalue weighted by atomic mass is 35.5. The molecule has 0 saturated heterocycles. The Bertz CT molecular complexity index is 608. The van der Waals surface area contributed by atoms with E-state index in [1.807, 2.05) is 25.3 Å². The predicted molar refractivity (Wildman–Crippen MR) is 82.7 cm³/mol. The van der Waals surface area contributed by atoms with Gasteiger partial charge in [-0.3, -0.25) is 9.89 Å². The summed E-state index contributed by atoms with van der Waals surface area (Å²) < 4.78 is 0. The molecule has 0 atom stereocenters. The van der Waals surface area contributed by atoms with Crippen molar-refractivity contribution in [1.29, 1.82) is 0 Å². The maximum atomic E-state index is 11.8. The molecule has 0 radical (unpaired) electrons. The normalized spacial score (nSPS) is 10.4. The molecular formula is C14H18ClN5O. The smallest absolute Gasteiger partial charge is 0.273 e. The van der Waals surface area contributed by atoms with Gasteiger partial charge in [-0.2, -0.15) is 5.10 Å². The summed E-state index contributed by atoms with van der Waals surface area (Å²) in [5.41, 5.74) is 2.05. The highest BCUT2D eigenvalue weighted by Crippen LogP contribution is 2.16. The fourth-order valence-corrected chi connectivity index (χ4v) is 1.90. The number of nitrogens with zero attached hydrogens (tertiary/aromatic N) is 2. The average molecular weight is 308 g/mol. The lowest BCUT2D eigenvalue weighted by molar-refractivity contribution is 0.0948. The molecule has 2 aromatic rings. The summed E-state index contributed by atoms with van der Waals surface area (Å²) in [6.45, 7) is 5.03. The Morgan fingerprint density at radius 2 is 2.14 bits per heavy atom. The number of halogens is 1. The maximum Gasteiger partial charge on any atom is 0.273 e. The lowest BCUT2D eigenvalue weighted by Crippen LogP contribution is -2.26. The minimum atomic E-state index is -0.266. The Balaban J connectivity index is 1.69. The standard InChI is InChI=1S/C14H18ClN5O/c1-9-4-5-11(18-8-9)16-6-3-7-17-14(21)13-12(15)10(2)19-20-13/h4-5,8H,3,6-7H2,1-2H3,(H,16,18)(H,17,21)(H,19,20). The number of amides is 1. The van der Waals surface area contributed by atoms with E-state index >= 15 is 0 Å². The minimum absolute atomic E-state index is 0.238. The molecule has 0 fully saturated rings. The van der Waals surface area contributed by atoms with Crippen LogP contribution in [0.3, 0.4) is 0 Å². The quantitative estimate of drug-likeness (QED) is 0.715. The Morgan fingerprint density at radius 3 is 2.76 bits per heavy atom. The number of hydrogen-bond donors (Lipinski definition) is 3. The van der Waals surface area contributed by atoms with E-state index in [2.05, 4.69) is 25.8 Å². The molecule has 0 aromatic carbocycles. The van der Waals surface area contributed by atoms with Crippen molar-refractivity contribution in [2.24, 2.45) is 0 Å². The van der Waals surface area contributed by atoms with Crippen molar-refractivity contribution < 1.29 is 4.79 Å². The van der Waals surface area contributed by atoms with Gasteiger partial charge in [0.1, 0.15) is 5.82 Å². The molecule has 0 bridgehead atoms. The Morgan fingerprint density at radius 1 is 1.33 bits per heavy atom. The number of aryl methyl sites for hydroxylation is 2. The van der Waals surface area contributed by atoms with Crippen molar-refractivity contribution >= 4 is 23.3 Å². The van der Waals surface area contributed by atoms with Crippen LogP contribution in [0, 0.1) is 13.8 Å². The molecule has 0 unspecified atom stereocenters. The second-order valence-electron chi connectivity index (χ2n) is 4.77. The Hall–Kier alpha value is -2.08. The zero-order valence-corrected chi connectivity index (χ0v) is 12.8. The van der Waals surface area contributed by atoms with Crippen LogP contribution in [0.2, 0.25) is 5.02 Å². The van der Waals surface area contributed by atoms with E-state index in [-0.39, 0.29) is 11.6 Å². The van der Waals surface area contributed by atoms with Crippen LogP contribution in [0.25, 0.3) is 0 Å². The zero-order chi connectivity index (χ0) is 15.2. The van der Waals surface area contributed by atoms with E-state index in [1.54, 1.807) is 6.92 Å². The number of aromatic nitrogens is 3. The molecule has 3 N–H and O–H groups in total. The number of pyridine rings is 1. The lowest BCUT2D eigenvalue weighted by Gasteiger charge is -2.06. The van der Waals surface area contributed by atoms with Gasteiger partial charge in [0.15, 0.2) is 5.69 Å². The molecule has 21 heavy (non-hydrogen) atoms. The van der Waals surface area contributed by atoms with Gasteiger partial charge in [0.25, 0.3) is 5.91 Å². The van der Waals surface area contributed by atoms with Gasteiger partial charge in [-0.25, -0.2) is 4.98 Å². The highest BCUT2D eigenvalue weighted by Gasteiger charge is 2.15. The second-order valence-corrected chi connectivity index (χ2v) is 5.15. The number of H-pyrrole nitrogens is 1. The average Bonchev–Trinajstić information content (AvgIpc) is 2.80. The van der Waals surface area contributed by atoms with E-state index in [4.69, 9.17) is 11.6 Å². The topological polar surface area (TPSA) is 82.7 Å². The van der Waals surface area contributed by atoms with E-state index < -0.39 is 0 Å². The van der Waals surface area contributed by atoms with Crippen LogP contribution >= 0.6 is 11.6 Å². The SMILES string of the molecule is Cc1ccc(NCCCNC(=O)c2n[nH]c(C)c2Cl)nc1. The first-order chi connectivity index (χ1) is 10.1. The van der Waals surface area contributed by atoms with Crippen molar-refractivity contribution in [3.05, 3.63) is 40.3 Å². The van der Waals surface area contributed by atoms with Crippen LogP contribution in [0.4, 0.5) is 5.82 Å². The van der Waals surface area contributed by atoms with Crippen molar-refractivity contribution in [2.45, 2.75) is 20.3 Å². The zero-order valence-electron chi connectivity index (χ0n) is 12.0. The van der Waals surface area contributed by atoms with Crippen molar-refractivity contribution in [2.75, 3.05) is 18.4 Å². The number of carbonyl (C=O) groups is 1. The molecule has 2 aromatic heterocycles. The Kier molecular flexibility index (Phi) is 5.16. The predicted octanol–water partition coefficient (Wildman–Crippen LogP) is 2.31. The molecule has 0 saturated carbocycles. The van der Waals surface area contributed by atoms with Gasteiger partial charge in [0, 0.05) is 19.3 Å². The summed E-state index contributed by atoms with van der Waals surface area (Å²) in [7, 11) is 0. The molecule has 2 heterocycles. The van der Waals surface area contributed by atoms with Gasteiger partial charge in [0.2, 0.25) is 0 Å². The van der Waals surface area contributed by atoms with Crippen LogP contribution in [0.5, 0.6) is 0 Å². The fraction of sp³-hybridized carbons (Fsp3) is 0.357. The molecule has 2 rings (SSSR count). The van der Waals surface area contributed by atoms with Crippen LogP contribution in [-0.4, -0.2) is 34.2 Å². The van der Waals surface area contributed by atoms with Gasteiger partial charge in [-0.1, -0.05) is 17.7 Å². The molecule has 112 valence electrons. The van der Waals surface area contributed by atoms with E-state index in [0.717, 1.165) is 24.3 Å². The van der Waals surface area contributed by atoms with E-state index in [9.17, 15) is 4.79 Å². The first-order valence-electron chi connectivity index (χ1n) is 6.73. The van der Waals surface area contributed by atoms with Crippen LogP contribution < -0.4 is 10.6 Å². The summed E-state index contributed by atoms with van der Waals surface area (Å²) in [5, 5.41) is 12.9. The summed E-state index contributed by atoms with van der Waals surface area (Å²) in [4.78, 5) is 16.1. The van der Waals surface area contributed by atoms with Crippen LogP contribution in [0.1, 0.15) is 28.2 Å². The molecule has 0 aliphatic carbocycles. The number of hydrogen-bond acceptors (Lipinski definition) is 4. The fourth-order valence-electron chi connectivity index (χ4n) is 1.73. The summed E-state index contributed by atoms with van der Waals surface area (Å²) in [6.07, 6.45) is 2.59. The lowest BCUT2D eigenvalue weighted by atomic mass is 10.3. The number of rotatable bonds is 6. The molecule has 7 heteroatoms. The third-order valence-corrected chi connectivity index (χ3v) is 3.41. The second kappa shape index (κ2) is 7.08. The summed E-state index contributed by atoms with van der Waals surface area (Å²) >= 11 is 5.96. The largest absolute Gasteiger partial charge is 0.370 e. The van der Waals surface area contributed by atoms with Gasteiger partial charge in [0.05, 0.1) is 10.7 Å². The van der Waals surface area contributed by atoms with Crippen molar-refractivity contribution in [3.63, 3.8) is 0 Å². The van der Waals surface area contributed by atoms with Crippen molar-refractivity contribution in [3.8, 4) is 0 Å². The van der Waals surface area contributed by atoms with Gasteiger partial charge >= 0.3 is 0 Å². The Labute approximate surface area is 128 Å². The first-order valence-corrected chi connectivity index (χ1v) is 7.11. The van der Waals surface area contributed by atoms with E-state index in [0.29, 0.717) is 17.3 Å². The third kappa shape index (κ3) is 4.19. The first kappa shape index (κ1) is 15.3. The number of anilines is 1. The molecule has 0 aliphatic rings. The van der Waals surface area contributed by atoms with Gasteiger partial charge < -0.3 is 10.6 Å². The highest BCUT2D eigenvalue weighted by molar-refractivity contribution is 6.34. The van der Waals surface area contributed by atoms with Gasteiger partial charge in [-0.05, 0) is 31.9 Å². The number of carbonyl (C=O) groups excluding carboxylic acids is 1. The third-order valence-electron chi connectivity index (χ3n) is 2.94. The molecular weight excluding hydrogens is 290 g/mol. The summed E-state index contributed by atoms with van der Waals surface area (Å²) in [5.74, 6) is 0.565. The maximum absolute atomic E-state index is 11.8. The molecule has 0 aliphatic heterocycles.